The first-order valence-corrected chi connectivity index (χ1v) is 16.5. The molecule has 0 spiro atoms. The topological polar surface area (TPSA) is 89.9 Å². The maximum absolute atomic E-state index is 13.2. The molecule has 0 amide bonds. The standard InChI is InChI=1S/C40H54O6/c1-9-34(19-20-36-30(5)18-21-37(41)46-36)24-28(3)15-13-14-27(2)22-31(6)39(43)33(8)40(44)32(7)23-29(4)25-38(42)45-26-35-16-11-10-12-17-35/h10-14,16-22,24-25,28,30-33,36,40,44H,9,15,23,26H2,1-8H3/b14-13+,20-19+,27-22+,29-25+,34-24-/t28-,30+,31-,32+,33-,36+,40-/m1/s1. The van der Waals surface area contributed by atoms with E-state index in [1.807, 2.05) is 89.3 Å². The van der Waals surface area contributed by atoms with Gasteiger partial charge in [-0.15, -0.1) is 0 Å². The molecule has 1 aliphatic heterocycles. The van der Waals surface area contributed by atoms with E-state index in [0.717, 1.165) is 29.6 Å². The fourth-order valence-corrected chi connectivity index (χ4v) is 5.51. The van der Waals surface area contributed by atoms with Gasteiger partial charge in [0.05, 0.1) is 6.10 Å². The highest BCUT2D eigenvalue weighted by atomic mass is 16.5. The number of Topliss-reactive ketones (excluding diaryl/α,β-unsaturated/α-hetero) is 1. The van der Waals surface area contributed by atoms with E-state index in [4.69, 9.17) is 9.47 Å². The Morgan fingerprint density at radius 2 is 1.74 bits per heavy atom. The van der Waals surface area contributed by atoms with Gasteiger partial charge < -0.3 is 14.6 Å². The number of allylic oxidation sites excluding steroid dienone is 8. The maximum Gasteiger partial charge on any atom is 0.331 e. The lowest BCUT2D eigenvalue weighted by molar-refractivity contribution is -0.143. The first kappa shape index (κ1) is 38.4. The lowest BCUT2D eigenvalue weighted by Gasteiger charge is -2.25. The van der Waals surface area contributed by atoms with Crippen molar-refractivity contribution in [2.24, 2.45) is 29.6 Å². The zero-order valence-corrected chi connectivity index (χ0v) is 28.9. The lowest BCUT2D eigenvalue weighted by Crippen LogP contribution is -2.34. The molecule has 0 saturated heterocycles. The highest BCUT2D eigenvalue weighted by Gasteiger charge is 2.29. The third kappa shape index (κ3) is 13.7. The molecule has 1 aliphatic rings. The van der Waals surface area contributed by atoms with Crippen LogP contribution in [0.4, 0.5) is 0 Å². The number of ketones is 1. The quantitative estimate of drug-likeness (QED) is 0.106. The van der Waals surface area contributed by atoms with Crippen molar-refractivity contribution in [2.45, 2.75) is 93.5 Å². The summed E-state index contributed by atoms with van der Waals surface area (Å²) in [7, 11) is 0. The molecule has 6 heteroatoms. The van der Waals surface area contributed by atoms with Crippen molar-refractivity contribution in [3.8, 4) is 0 Å². The fraction of sp³-hybridized carbons (Fsp3) is 0.475. The molecule has 6 nitrogen and oxygen atoms in total. The molecule has 2 rings (SSSR count). The van der Waals surface area contributed by atoms with Crippen LogP contribution in [0.3, 0.4) is 0 Å². The number of aliphatic hydroxyl groups is 1. The number of ether oxygens (including phenoxy) is 2. The zero-order chi connectivity index (χ0) is 34.2. The van der Waals surface area contributed by atoms with Crippen molar-refractivity contribution in [3.05, 3.63) is 107 Å². The van der Waals surface area contributed by atoms with Crippen molar-refractivity contribution >= 4 is 17.7 Å². The summed E-state index contributed by atoms with van der Waals surface area (Å²) in [6.07, 6.45) is 18.3. The molecule has 0 aliphatic carbocycles. The van der Waals surface area contributed by atoms with Gasteiger partial charge in [-0.1, -0.05) is 125 Å². The van der Waals surface area contributed by atoms with Crippen LogP contribution in [0.2, 0.25) is 0 Å². The summed E-state index contributed by atoms with van der Waals surface area (Å²) in [5, 5.41) is 11.0. The Balaban J connectivity index is 1.86. The molecule has 1 aromatic rings. The number of carbonyl (C=O) groups excluding carboxylic acids is 3. The van der Waals surface area contributed by atoms with Gasteiger partial charge in [-0.05, 0) is 56.6 Å². The summed E-state index contributed by atoms with van der Waals surface area (Å²) in [4.78, 5) is 37.0. The number of hydrogen-bond acceptors (Lipinski definition) is 6. The molecule has 0 fully saturated rings. The smallest absolute Gasteiger partial charge is 0.331 e. The number of carbonyl (C=O) groups is 3. The monoisotopic (exact) mass is 630 g/mol. The van der Waals surface area contributed by atoms with E-state index in [-0.39, 0.29) is 42.2 Å². The molecule has 1 aromatic carbocycles. The molecule has 250 valence electrons. The van der Waals surface area contributed by atoms with E-state index in [0.29, 0.717) is 12.3 Å². The normalized spacial score (nSPS) is 21.2. The molecule has 1 N–H and O–H groups in total. The number of hydrogen-bond donors (Lipinski definition) is 1. The summed E-state index contributed by atoms with van der Waals surface area (Å²) in [6, 6.07) is 9.50. The van der Waals surface area contributed by atoms with Gasteiger partial charge in [-0.25, -0.2) is 9.59 Å². The molecule has 0 unspecified atom stereocenters. The maximum atomic E-state index is 13.2. The predicted molar refractivity (Wildman–Crippen MR) is 185 cm³/mol. The van der Waals surface area contributed by atoms with Crippen LogP contribution in [-0.4, -0.2) is 35.0 Å². The van der Waals surface area contributed by atoms with Crippen LogP contribution < -0.4 is 0 Å². The molecule has 0 bridgehead atoms. The molecular weight excluding hydrogens is 576 g/mol. The molecular formula is C40H54O6. The van der Waals surface area contributed by atoms with E-state index in [1.54, 1.807) is 6.92 Å². The lowest BCUT2D eigenvalue weighted by atomic mass is 9.83. The third-order valence-corrected chi connectivity index (χ3v) is 8.34. The Labute approximate surface area is 276 Å². The van der Waals surface area contributed by atoms with Gasteiger partial charge in [-0.3, -0.25) is 4.79 Å². The minimum Gasteiger partial charge on any atom is -0.458 e. The Morgan fingerprint density at radius 3 is 2.41 bits per heavy atom. The fourth-order valence-electron chi connectivity index (χ4n) is 5.51. The van der Waals surface area contributed by atoms with Gasteiger partial charge in [0.1, 0.15) is 18.5 Å². The van der Waals surface area contributed by atoms with Crippen molar-refractivity contribution in [2.75, 3.05) is 0 Å². The Morgan fingerprint density at radius 1 is 1.04 bits per heavy atom. The van der Waals surface area contributed by atoms with E-state index in [1.165, 1.54) is 17.7 Å². The Hall–Kier alpha value is -3.77. The highest BCUT2D eigenvalue weighted by Crippen LogP contribution is 2.24. The minimum atomic E-state index is -0.831. The molecule has 46 heavy (non-hydrogen) atoms. The number of cyclic esters (lactones) is 1. The van der Waals surface area contributed by atoms with Crippen LogP contribution >= 0.6 is 0 Å². The van der Waals surface area contributed by atoms with Gasteiger partial charge in [-0.2, -0.15) is 0 Å². The van der Waals surface area contributed by atoms with Gasteiger partial charge in [0.2, 0.25) is 0 Å². The average Bonchev–Trinajstić information content (AvgIpc) is 3.02. The van der Waals surface area contributed by atoms with Gasteiger partial charge in [0.15, 0.2) is 0 Å². The van der Waals surface area contributed by atoms with E-state index in [9.17, 15) is 19.5 Å². The summed E-state index contributed by atoms with van der Waals surface area (Å²) >= 11 is 0. The van der Waals surface area contributed by atoms with Crippen molar-refractivity contribution in [1.29, 1.82) is 0 Å². The van der Waals surface area contributed by atoms with Gasteiger partial charge >= 0.3 is 11.9 Å². The number of aliphatic hydroxyl groups excluding tert-OH is 1. The van der Waals surface area contributed by atoms with E-state index >= 15 is 0 Å². The van der Waals surface area contributed by atoms with Gasteiger partial charge in [0, 0.05) is 29.9 Å². The summed E-state index contributed by atoms with van der Waals surface area (Å²) in [5.74, 6) is -1.35. The van der Waals surface area contributed by atoms with E-state index < -0.39 is 18.0 Å². The average molecular weight is 631 g/mol. The SMILES string of the molecule is CCC(=C/[C@H](C)C/C=C/C(C)=C/[C@@H](C)C(=O)[C@@H](C)[C@H](O)[C@@H](C)C/C(C)=C/C(=O)OCc1ccccc1)/C=C/[C@@H]1OC(=O)C=C[C@@H]1C. The molecule has 0 aromatic heterocycles. The predicted octanol–water partition coefficient (Wildman–Crippen LogP) is 8.44. The van der Waals surface area contributed by atoms with Crippen molar-refractivity contribution in [1.82, 2.24) is 0 Å². The molecule has 7 atom stereocenters. The zero-order valence-electron chi connectivity index (χ0n) is 28.9. The highest BCUT2D eigenvalue weighted by molar-refractivity contribution is 5.85. The number of rotatable bonds is 17. The van der Waals surface area contributed by atoms with Crippen molar-refractivity contribution < 1.29 is 29.0 Å². The minimum absolute atomic E-state index is 0.0138. The number of benzene rings is 1. The largest absolute Gasteiger partial charge is 0.458 e. The van der Waals surface area contributed by atoms with Crippen LogP contribution in [-0.2, 0) is 30.5 Å². The van der Waals surface area contributed by atoms with Crippen molar-refractivity contribution in [3.63, 3.8) is 0 Å². The van der Waals surface area contributed by atoms with Crippen LogP contribution in [0.5, 0.6) is 0 Å². The second-order valence-corrected chi connectivity index (χ2v) is 12.8. The third-order valence-electron chi connectivity index (χ3n) is 8.34. The van der Waals surface area contributed by atoms with Crippen LogP contribution in [0, 0.1) is 29.6 Å². The van der Waals surface area contributed by atoms with Crippen LogP contribution in [0.1, 0.15) is 80.2 Å². The van der Waals surface area contributed by atoms with Crippen LogP contribution in [0.25, 0.3) is 0 Å². The van der Waals surface area contributed by atoms with E-state index in [2.05, 4.69) is 32.1 Å². The summed E-state index contributed by atoms with van der Waals surface area (Å²) in [5.41, 5.74) is 3.91. The Kier molecular flexibility index (Phi) is 16.4. The van der Waals surface area contributed by atoms with Crippen LogP contribution in [0.15, 0.2) is 102 Å². The second-order valence-electron chi connectivity index (χ2n) is 12.8. The molecule has 1 heterocycles. The Bertz CT molecular complexity index is 1330. The first-order valence-electron chi connectivity index (χ1n) is 16.5. The number of esters is 2. The summed E-state index contributed by atoms with van der Waals surface area (Å²) in [6.45, 7) is 15.9. The van der Waals surface area contributed by atoms with Gasteiger partial charge in [0.25, 0.3) is 0 Å². The molecule has 0 radical (unpaired) electrons. The first-order chi connectivity index (χ1) is 21.8. The second kappa shape index (κ2) is 19.7. The molecule has 0 saturated carbocycles. The summed E-state index contributed by atoms with van der Waals surface area (Å²) < 4.78 is 10.7.